The third-order valence-electron chi connectivity index (χ3n) is 2.91. The molecule has 0 saturated heterocycles. The molecule has 1 aromatic heterocycles. The van der Waals surface area contributed by atoms with Crippen LogP contribution in [0.2, 0.25) is 0 Å². The SMILES string of the molecule is O=C(NC1CCCCC1O)c1cc(Br)c(Br)s1. The first-order valence-corrected chi connectivity index (χ1v) is 7.92. The van der Waals surface area contributed by atoms with Crippen molar-refractivity contribution >= 4 is 49.1 Å². The van der Waals surface area contributed by atoms with E-state index in [0.29, 0.717) is 4.88 Å². The van der Waals surface area contributed by atoms with E-state index in [-0.39, 0.29) is 11.9 Å². The summed E-state index contributed by atoms with van der Waals surface area (Å²) in [6.45, 7) is 0. The largest absolute Gasteiger partial charge is 0.391 e. The highest BCUT2D eigenvalue weighted by atomic mass is 79.9. The molecular formula is C11H13Br2NO2S. The Morgan fingerprint density at radius 3 is 2.71 bits per heavy atom. The van der Waals surface area contributed by atoms with E-state index < -0.39 is 6.10 Å². The van der Waals surface area contributed by atoms with Gasteiger partial charge in [-0.3, -0.25) is 4.79 Å². The summed E-state index contributed by atoms with van der Waals surface area (Å²) in [7, 11) is 0. The summed E-state index contributed by atoms with van der Waals surface area (Å²) in [6, 6.07) is 1.69. The van der Waals surface area contributed by atoms with Crippen molar-refractivity contribution in [2.75, 3.05) is 0 Å². The van der Waals surface area contributed by atoms with Gasteiger partial charge in [0.1, 0.15) is 0 Å². The molecule has 1 heterocycles. The van der Waals surface area contributed by atoms with Crippen LogP contribution in [0.5, 0.6) is 0 Å². The number of amides is 1. The van der Waals surface area contributed by atoms with Crippen LogP contribution < -0.4 is 5.32 Å². The van der Waals surface area contributed by atoms with Crippen LogP contribution in [0.3, 0.4) is 0 Å². The molecule has 6 heteroatoms. The Labute approximate surface area is 121 Å². The molecule has 2 rings (SSSR count). The van der Waals surface area contributed by atoms with Crippen LogP contribution in [0, 0.1) is 0 Å². The average molecular weight is 383 g/mol. The third-order valence-corrected chi connectivity index (χ3v) is 6.17. The Hall–Kier alpha value is 0.0900. The molecule has 0 bridgehead atoms. The van der Waals surface area contributed by atoms with Gasteiger partial charge in [0, 0.05) is 4.47 Å². The Morgan fingerprint density at radius 1 is 1.41 bits per heavy atom. The molecular weight excluding hydrogens is 370 g/mol. The van der Waals surface area contributed by atoms with E-state index in [0.717, 1.165) is 33.9 Å². The molecule has 2 unspecified atom stereocenters. The fraction of sp³-hybridized carbons (Fsp3) is 0.545. The predicted molar refractivity (Wildman–Crippen MR) is 75.4 cm³/mol. The van der Waals surface area contributed by atoms with Gasteiger partial charge in [0.05, 0.1) is 20.8 Å². The van der Waals surface area contributed by atoms with Crippen LogP contribution >= 0.6 is 43.2 Å². The molecule has 1 aliphatic rings. The third kappa shape index (κ3) is 3.30. The molecule has 1 aromatic rings. The first-order chi connectivity index (χ1) is 8.08. The van der Waals surface area contributed by atoms with Gasteiger partial charge in [0.2, 0.25) is 0 Å². The molecule has 0 radical (unpaired) electrons. The molecule has 2 N–H and O–H groups in total. The van der Waals surface area contributed by atoms with E-state index in [1.165, 1.54) is 11.3 Å². The number of thiophene rings is 1. The summed E-state index contributed by atoms with van der Waals surface area (Å²) < 4.78 is 1.80. The first kappa shape index (κ1) is 13.5. The number of nitrogens with one attached hydrogen (secondary N) is 1. The molecule has 1 amide bonds. The molecule has 0 aromatic carbocycles. The molecule has 0 spiro atoms. The zero-order valence-electron chi connectivity index (χ0n) is 9.08. The standard InChI is InChI=1S/C11H13Br2NO2S/c12-6-5-9(17-10(6)13)11(16)14-7-3-1-2-4-8(7)15/h5,7-8,15H,1-4H2,(H,14,16). The zero-order valence-corrected chi connectivity index (χ0v) is 13.1. The van der Waals surface area contributed by atoms with Gasteiger partial charge in [-0.1, -0.05) is 12.8 Å². The van der Waals surface area contributed by atoms with Gasteiger partial charge in [-0.05, 0) is 50.8 Å². The lowest BCUT2D eigenvalue weighted by molar-refractivity contribution is 0.0720. The number of halogens is 2. The minimum atomic E-state index is -0.403. The number of hydrogen-bond acceptors (Lipinski definition) is 3. The number of carbonyl (C=O) groups is 1. The summed E-state index contributed by atoms with van der Waals surface area (Å²) in [5.74, 6) is -0.104. The van der Waals surface area contributed by atoms with Crippen molar-refractivity contribution < 1.29 is 9.90 Å². The first-order valence-electron chi connectivity index (χ1n) is 5.51. The second-order valence-corrected chi connectivity index (χ2v) is 7.39. The number of rotatable bonds is 2. The Kier molecular flexibility index (Phi) is 4.63. The van der Waals surface area contributed by atoms with Gasteiger partial charge < -0.3 is 10.4 Å². The maximum atomic E-state index is 12.0. The van der Waals surface area contributed by atoms with E-state index in [1.54, 1.807) is 6.07 Å². The number of carbonyl (C=O) groups excluding carboxylic acids is 1. The minimum Gasteiger partial charge on any atom is -0.391 e. The highest BCUT2D eigenvalue weighted by Gasteiger charge is 2.25. The number of aliphatic hydroxyl groups excluding tert-OH is 1. The van der Waals surface area contributed by atoms with Gasteiger partial charge in [-0.2, -0.15) is 0 Å². The monoisotopic (exact) mass is 381 g/mol. The van der Waals surface area contributed by atoms with Crippen LogP contribution in [0.1, 0.15) is 35.4 Å². The van der Waals surface area contributed by atoms with E-state index in [4.69, 9.17) is 0 Å². The summed E-state index contributed by atoms with van der Waals surface area (Å²) in [4.78, 5) is 12.6. The lowest BCUT2D eigenvalue weighted by Crippen LogP contribution is -2.44. The summed E-state index contributed by atoms with van der Waals surface area (Å²) in [5.41, 5.74) is 0. The van der Waals surface area contributed by atoms with E-state index in [1.807, 2.05) is 0 Å². The maximum Gasteiger partial charge on any atom is 0.261 e. The maximum absolute atomic E-state index is 12.0. The van der Waals surface area contributed by atoms with Crippen molar-refractivity contribution in [2.45, 2.75) is 37.8 Å². The number of hydrogen-bond donors (Lipinski definition) is 2. The quantitative estimate of drug-likeness (QED) is 0.824. The van der Waals surface area contributed by atoms with Crippen LogP contribution in [0.4, 0.5) is 0 Å². The van der Waals surface area contributed by atoms with E-state index in [9.17, 15) is 9.90 Å². The summed E-state index contributed by atoms with van der Waals surface area (Å²) in [5, 5.41) is 12.7. The van der Waals surface area contributed by atoms with Crippen LogP contribution in [-0.4, -0.2) is 23.2 Å². The van der Waals surface area contributed by atoms with E-state index in [2.05, 4.69) is 37.2 Å². The Morgan fingerprint density at radius 2 is 2.12 bits per heavy atom. The Balaban J connectivity index is 2.01. The van der Waals surface area contributed by atoms with Crippen LogP contribution in [-0.2, 0) is 0 Å². The second kappa shape index (κ2) is 5.82. The van der Waals surface area contributed by atoms with Gasteiger partial charge in [-0.25, -0.2) is 0 Å². The molecule has 1 fully saturated rings. The molecule has 3 nitrogen and oxygen atoms in total. The van der Waals surface area contributed by atoms with Gasteiger partial charge >= 0.3 is 0 Å². The van der Waals surface area contributed by atoms with E-state index >= 15 is 0 Å². The minimum absolute atomic E-state index is 0.101. The molecule has 1 aliphatic carbocycles. The lowest BCUT2D eigenvalue weighted by atomic mass is 9.92. The number of aliphatic hydroxyl groups is 1. The normalized spacial score (nSPS) is 24.6. The second-order valence-electron chi connectivity index (χ2n) is 4.16. The van der Waals surface area contributed by atoms with Crippen molar-refractivity contribution in [2.24, 2.45) is 0 Å². The topological polar surface area (TPSA) is 49.3 Å². The fourth-order valence-electron chi connectivity index (χ4n) is 1.98. The highest BCUT2D eigenvalue weighted by Crippen LogP contribution is 2.32. The lowest BCUT2D eigenvalue weighted by Gasteiger charge is -2.28. The van der Waals surface area contributed by atoms with Gasteiger partial charge in [-0.15, -0.1) is 11.3 Å². The Bertz CT molecular complexity index is 402. The van der Waals surface area contributed by atoms with Crippen molar-refractivity contribution in [1.29, 1.82) is 0 Å². The van der Waals surface area contributed by atoms with Crippen molar-refractivity contribution in [3.8, 4) is 0 Å². The average Bonchev–Trinajstić information content (AvgIpc) is 2.63. The van der Waals surface area contributed by atoms with Crippen molar-refractivity contribution in [3.05, 3.63) is 19.2 Å². The highest BCUT2D eigenvalue weighted by molar-refractivity contribution is 9.13. The smallest absolute Gasteiger partial charge is 0.261 e. The summed E-state index contributed by atoms with van der Waals surface area (Å²) in [6.07, 6.45) is 3.35. The van der Waals surface area contributed by atoms with Crippen molar-refractivity contribution in [1.82, 2.24) is 5.32 Å². The van der Waals surface area contributed by atoms with Crippen LogP contribution in [0.15, 0.2) is 14.3 Å². The fourth-order valence-corrected chi connectivity index (χ4v) is 3.92. The zero-order chi connectivity index (χ0) is 12.4. The molecule has 1 saturated carbocycles. The summed E-state index contributed by atoms with van der Waals surface area (Å²) >= 11 is 8.11. The van der Waals surface area contributed by atoms with Gasteiger partial charge in [0.25, 0.3) is 5.91 Å². The molecule has 94 valence electrons. The van der Waals surface area contributed by atoms with Gasteiger partial charge in [0.15, 0.2) is 0 Å². The van der Waals surface area contributed by atoms with Crippen LogP contribution in [0.25, 0.3) is 0 Å². The molecule has 17 heavy (non-hydrogen) atoms. The molecule has 0 aliphatic heterocycles. The molecule has 2 atom stereocenters. The predicted octanol–water partition coefficient (Wildman–Crippen LogP) is 3.31. The van der Waals surface area contributed by atoms with Crippen molar-refractivity contribution in [3.63, 3.8) is 0 Å².